The smallest absolute Gasteiger partial charge is 0.419 e. The molecule has 2 aromatic rings. The van der Waals surface area contributed by atoms with Crippen LogP contribution in [-0.2, 0) is 17.4 Å². The standard InChI is InChI=1S/C12H8F4N2O2S/c13-9-2-1-6(3-8(9)12(14,15)16)17-11-18-7(5-21-11)4-10(19)20/h1-3,5H,4H2,(H,17,18)(H,19,20). The number of rotatable bonds is 4. The first-order valence-electron chi connectivity index (χ1n) is 5.55. The van der Waals surface area contributed by atoms with Gasteiger partial charge < -0.3 is 10.4 Å². The van der Waals surface area contributed by atoms with Gasteiger partial charge in [-0.1, -0.05) is 0 Å². The first-order chi connectivity index (χ1) is 9.75. The van der Waals surface area contributed by atoms with E-state index in [4.69, 9.17) is 5.11 Å². The third-order valence-electron chi connectivity index (χ3n) is 2.41. The number of nitrogens with zero attached hydrogens (tertiary/aromatic N) is 1. The van der Waals surface area contributed by atoms with E-state index < -0.39 is 23.5 Å². The number of thiazole rings is 1. The zero-order chi connectivity index (χ0) is 15.6. The first-order valence-corrected chi connectivity index (χ1v) is 6.43. The van der Waals surface area contributed by atoms with Gasteiger partial charge in [0.05, 0.1) is 17.7 Å². The maximum atomic E-state index is 13.1. The third-order valence-corrected chi connectivity index (χ3v) is 3.21. The summed E-state index contributed by atoms with van der Waals surface area (Å²) >= 11 is 1.04. The summed E-state index contributed by atoms with van der Waals surface area (Å²) in [6.07, 6.45) is -5.07. The summed E-state index contributed by atoms with van der Waals surface area (Å²) < 4.78 is 50.8. The Hall–Kier alpha value is -2.16. The average molecular weight is 320 g/mol. The molecular weight excluding hydrogens is 312 g/mol. The van der Waals surface area contributed by atoms with Crippen molar-refractivity contribution in [2.45, 2.75) is 12.6 Å². The normalized spacial score (nSPS) is 11.4. The highest BCUT2D eigenvalue weighted by Gasteiger charge is 2.34. The van der Waals surface area contributed by atoms with E-state index in [-0.39, 0.29) is 22.9 Å². The molecule has 0 atom stereocenters. The van der Waals surface area contributed by atoms with E-state index in [2.05, 4.69) is 10.3 Å². The summed E-state index contributed by atoms with van der Waals surface area (Å²) in [5.41, 5.74) is -1.08. The predicted molar refractivity (Wildman–Crippen MR) is 68.1 cm³/mol. The second-order valence-electron chi connectivity index (χ2n) is 4.03. The van der Waals surface area contributed by atoms with Crippen molar-refractivity contribution in [2.75, 3.05) is 5.32 Å². The molecular formula is C12H8F4N2O2S. The largest absolute Gasteiger partial charge is 0.481 e. The van der Waals surface area contributed by atoms with Gasteiger partial charge in [0.25, 0.3) is 0 Å². The molecule has 4 nitrogen and oxygen atoms in total. The van der Waals surface area contributed by atoms with Crippen molar-refractivity contribution < 1.29 is 27.5 Å². The molecule has 112 valence electrons. The molecule has 0 aliphatic rings. The van der Waals surface area contributed by atoms with Crippen LogP contribution < -0.4 is 5.32 Å². The zero-order valence-corrected chi connectivity index (χ0v) is 11.1. The maximum Gasteiger partial charge on any atom is 0.419 e. The van der Waals surface area contributed by atoms with Crippen molar-refractivity contribution in [1.29, 1.82) is 0 Å². The van der Waals surface area contributed by atoms with Crippen LogP contribution in [0.1, 0.15) is 11.3 Å². The Labute approximate surface area is 120 Å². The molecule has 0 saturated heterocycles. The number of carboxylic acid groups (broad SMARTS) is 1. The summed E-state index contributed by atoms with van der Waals surface area (Å²) in [4.78, 5) is 14.4. The number of carbonyl (C=O) groups is 1. The van der Waals surface area contributed by atoms with Gasteiger partial charge in [0, 0.05) is 11.1 Å². The molecule has 1 aromatic carbocycles. The average Bonchev–Trinajstić information content (AvgIpc) is 2.76. The minimum Gasteiger partial charge on any atom is -0.481 e. The minimum atomic E-state index is -4.79. The highest BCUT2D eigenvalue weighted by Crippen LogP contribution is 2.33. The highest BCUT2D eigenvalue weighted by atomic mass is 32.1. The monoisotopic (exact) mass is 320 g/mol. The molecule has 0 fully saturated rings. The van der Waals surface area contributed by atoms with Crippen molar-refractivity contribution in [3.63, 3.8) is 0 Å². The Bertz CT molecular complexity index is 670. The summed E-state index contributed by atoms with van der Waals surface area (Å²) in [6.45, 7) is 0. The molecule has 0 aliphatic heterocycles. The maximum absolute atomic E-state index is 13.1. The fraction of sp³-hybridized carbons (Fsp3) is 0.167. The van der Waals surface area contributed by atoms with Crippen molar-refractivity contribution in [1.82, 2.24) is 4.98 Å². The number of halogens is 4. The highest BCUT2D eigenvalue weighted by molar-refractivity contribution is 7.13. The van der Waals surface area contributed by atoms with Crippen LogP contribution in [-0.4, -0.2) is 16.1 Å². The number of aromatic nitrogens is 1. The third kappa shape index (κ3) is 3.91. The van der Waals surface area contributed by atoms with Crippen LogP contribution in [0.2, 0.25) is 0 Å². The van der Waals surface area contributed by atoms with Crippen LogP contribution in [0.3, 0.4) is 0 Å². The van der Waals surface area contributed by atoms with Crippen LogP contribution in [0.25, 0.3) is 0 Å². The summed E-state index contributed by atoms with van der Waals surface area (Å²) in [5.74, 6) is -2.42. The van der Waals surface area contributed by atoms with Crippen molar-refractivity contribution in [3.8, 4) is 0 Å². The van der Waals surface area contributed by atoms with Gasteiger partial charge in [0.2, 0.25) is 0 Å². The quantitative estimate of drug-likeness (QED) is 0.844. The number of benzene rings is 1. The Morgan fingerprint density at radius 2 is 2.10 bits per heavy atom. The molecule has 2 rings (SSSR count). The number of hydrogen-bond acceptors (Lipinski definition) is 4. The van der Waals surface area contributed by atoms with Crippen LogP contribution in [0.4, 0.5) is 28.4 Å². The fourth-order valence-electron chi connectivity index (χ4n) is 1.54. The van der Waals surface area contributed by atoms with Gasteiger partial charge in [-0.2, -0.15) is 13.2 Å². The fourth-order valence-corrected chi connectivity index (χ4v) is 2.27. The van der Waals surface area contributed by atoms with E-state index >= 15 is 0 Å². The zero-order valence-electron chi connectivity index (χ0n) is 10.2. The molecule has 1 aromatic heterocycles. The van der Waals surface area contributed by atoms with Crippen molar-refractivity contribution in [3.05, 3.63) is 40.7 Å². The number of carboxylic acids is 1. The van der Waals surface area contributed by atoms with Gasteiger partial charge in [-0.15, -0.1) is 11.3 Å². The first kappa shape index (κ1) is 15.2. The summed E-state index contributed by atoms with van der Waals surface area (Å²) in [7, 11) is 0. The van der Waals surface area contributed by atoms with Gasteiger partial charge in [0.1, 0.15) is 5.82 Å². The van der Waals surface area contributed by atoms with E-state index in [0.29, 0.717) is 12.1 Å². The molecule has 0 bridgehead atoms. The number of hydrogen-bond donors (Lipinski definition) is 2. The molecule has 0 saturated carbocycles. The van der Waals surface area contributed by atoms with E-state index in [1.54, 1.807) is 0 Å². The lowest BCUT2D eigenvalue weighted by molar-refractivity contribution is -0.140. The Balaban J connectivity index is 2.20. The van der Waals surface area contributed by atoms with Gasteiger partial charge in [0.15, 0.2) is 5.13 Å². The molecule has 2 N–H and O–H groups in total. The molecule has 0 aliphatic carbocycles. The molecule has 0 unspecified atom stereocenters. The van der Waals surface area contributed by atoms with E-state index in [1.807, 2.05) is 0 Å². The molecule has 0 amide bonds. The van der Waals surface area contributed by atoms with Crippen LogP contribution in [0.5, 0.6) is 0 Å². The lowest BCUT2D eigenvalue weighted by atomic mass is 10.2. The Morgan fingerprint density at radius 3 is 2.71 bits per heavy atom. The van der Waals surface area contributed by atoms with E-state index in [9.17, 15) is 22.4 Å². The van der Waals surface area contributed by atoms with Crippen LogP contribution in [0, 0.1) is 5.82 Å². The molecule has 1 heterocycles. The summed E-state index contributed by atoms with van der Waals surface area (Å²) in [5, 5.41) is 12.9. The molecule has 0 spiro atoms. The van der Waals surface area contributed by atoms with Crippen LogP contribution >= 0.6 is 11.3 Å². The molecule has 9 heteroatoms. The lowest BCUT2D eigenvalue weighted by Crippen LogP contribution is -2.08. The Morgan fingerprint density at radius 1 is 1.38 bits per heavy atom. The molecule has 0 radical (unpaired) electrons. The number of alkyl halides is 3. The predicted octanol–water partition coefficient (Wildman–Crippen LogP) is 3.67. The number of anilines is 2. The number of aliphatic carboxylic acids is 1. The minimum absolute atomic E-state index is 0.0138. The number of nitrogens with one attached hydrogen (secondary N) is 1. The van der Waals surface area contributed by atoms with Crippen LogP contribution in [0.15, 0.2) is 23.6 Å². The van der Waals surface area contributed by atoms with Gasteiger partial charge in [-0.25, -0.2) is 9.37 Å². The van der Waals surface area contributed by atoms with E-state index in [0.717, 1.165) is 17.4 Å². The van der Waals surface area contributed by atoms with Gasteiger partial charge >= 0.3 is 12.1 Å². The second-order valence-corrected chi connectivity index (χ2v) is 4.89. The summed E-state index contributed by atoms with van der Waals surface area (Å²) in [6, 6.07) is 2.48. The Kier molecular flexibility index (Phi) is 4.12. The van der Waals surface area contributed by atoms with Crippen molar-refractivity contribution >= 4 is 28.1 Å². The van der Waals surface area contributed by atoms with Gasteiger partial charge in [-0.05, 0) is 18.2 Å². The second kappa shape index (κ2) is 5.68. The van der Waals surface area contributed by atoms with Crippen molar-refractivity contribution in [2.24, 2.45) is 0 Å². The molecule has 21 heavy (non-hydrogen) atoms. The van der Waals surface area contributed by atoms with E-state index in [1.165, 1.54) is 5.38 Å². The topological polar surface area (TPSA) is 62.2 Å². The SMILES string of the molecule is O=C(O)Cc1csc(Nc2ccc(F)c(C(F)(F)F)c2)n1. The lowest BCUT2D eigenvalue weighted by Gasteiger charge is -2.10. The van der Waals surface area contributed by atoms with Gasteiger partial charge in [-0.3, -0.25) is 4.79 Å².